The van der Waals surface area contributed by atoms with Crippen molar-refractivity contribution in [3.8, 4) is 6.07 Å². The number of aliphatic carboxylic acids is 1. The van der Waals surface area contributed by atoms with Crippen LogP contribution in [0.15, 0.2) is 0 Å². The summed E-state index contributed by atoms with van der Waals surface area (Å²) in [6.07, 6.45) is 1.21. The van der Waals surface area contributed by atoms with E-state index >= 15 is 0 Å². The van der Waals surface area contributed by atoms with Crippen LogP contribution in [0, 0.1) is 28.6 Å². The van der Waals surface area contributed by atoms with Crippen molar-refractivity contribution in [1.82, 2.24) is 0 Å². The summed E-state index contributed by atoms with van der Waals surface area (Å²) in [6, 6.07) is 2.18. The van der Waals surface area contributed by atoms with Gasteiger partial charge in [0.1, 0.15) is 0 Å². The van der Waals surface area contributed by atoms with Gasteiger partial charge in [0, 0.05) is 0 Å². The second kappa shape index (κ2) is 4.99. The van der Waals surface area contributed by atoms with Crippen molar-refractivity contribution in [2.45, 2.75) is 40.5 Å². The summed E-state index contributed by atoms with van der Waals surface area (Å²) in [5.41, 5.74) is -0.414. The van der Waals surface area contributed by atoms with Crippen LogP contribution < -0.4 is 0 Å². The molecule has 14 heavy (non-hydrogen) atoms. The van der Waals surface area contributed by atoms with Crippen LogP contribution in [0.5, 0.6) is 0 Å². The molecule has 3 nitrogen and oxygen atoms in total. The molecule has 0 aliphatic rings. The minimum absolute atomic E-state index is 0.127. The molecule has 0 heterocycles. The van der Waals surface area contributed by atoms with E-state index in [0.29, 0.717) is 12.8 Å². The molecule has 0 spiro atoms. The van der Waals surface area contributed by atoms with Crippen molar-refractivity contribution in [2.24, 2.45) is 17.3 Å². The maximum atomic E-state index is 10.9. The summed E-state index contributed by atoms with van der Waals surface area (Å²) in [6.45, 7) is 7.48. The van der Waals surface area contributed by atoms with Gasteiger partial charge in [0.2, 0.25) is 0 Å². The summed E-state index contributed by atoms with van der Waals surface area (Å²) in [5, 5.41) is 17.7. The summed E-state index contributed by atoms with van der Waals surface area (Å²) in [4.78, 5) is 10.9. The Balaban J connectivity index is 4.23. The predicted octanol–water partition coefficient (Wildman–Crippen LogP) is 2.67. The number of nitrogens with zero attached hydrogens (tertiary/aromatic N) is 1. The molecule has 0 rings (SSSR count). The number of carboxylic acid groups (broad SMARTS) is 1. The Hall–Kier alpha value is -1.04. The fraction of sp³-hybridized carbons (Fsp3) is 0.818. The molecule has 0 radical (unpaired) electrons. The van der Waals surface area contributed by atoms with Gasteiger partial charge in [0.05, 0.1) is 17.4 Å². The molecule has 1 N–H and O–H groups in total. The first kappa shape index (κ1) is 13.0. The molecule has 0 fully saturated rings. The van der Waals surface area contributed by atoms with Crippen molar-refractivity contribution in [1.29, 1.82) is 5.26 Å². The highest BCUT2D eigenvalue weighted by molar-refractivity contribution is 5.70. The van der Waals surface area contributed by atoms with Crippen molar-refractivity contribution in [3.05, 3.63) is 0 Å². The smallest absolute Gasteiger partial charge is 0.306 e. The first-order valence-electron chi connectivity index (χ1n) is 4.94. The Morgan fingerprint density at radius 1 is 1.50 bits per heavy atom. The Morgan fingerprint density at radius 2 is 2.00 bits per heavy atom. The fourth-order valence-electron chi connectivity index (χ4n) is 1.31. The number of nitriles is 1. The van der Waals surface area contributed by atoms with Gasteiger partial charge in [-0.15, -0.1) is 0 Å². The van der Waals surface area contributed by atoms with E-state index in [9.17, 15) is 4.79 Å². The van der Waals surface area contributed by atoms with Crippen LogP contribution in [-0.4, -0.2) is 11.1 Å². The van der Waals surface area contributed by atoms with E-state index in [-0.39, 0.29) is 11.8 Å². The molecular formula is C11H19NO2. The minimum atomic E-state index is -0.756. The third kappa shape index (κ3) is 4.27. The van der Waals surface area contributed by atoms with E-state index in [1.54, 1.807) is 0 Å². The molecule has 0 aromatic carbocycles. The van der Waals surface area contributed by atoms with E-state index < -0.39 is 11.4 Å². The average molecular weight is 197 g/mol. The highest BCUT2D eigenvalue weighted by Crippen LogP contribution is 2.26. The van der Waals surface area contributed by atoms with Gasteiger partial charge in [-0.1, -0.05) is 13.8 Å². The van der Waals surface area contributed by atoms with E-state index in [1.807, 2.05) is 27.7 Å². The lowest BCUT2D eigenvalue weighted by atomic mass is 9.82. The maximum Gasteiger partial charge on any atom is 0.306 e. The van der Waals surface area contributed by atoms with E-state index in [2.05, 4.69) is 6.07 Å². The number of hydrogen-bond acceptors (Lipinski definition) is 2. The molecule has 0 saturated carbocycles. The fourth-order valence-corrected chi connectivity index (χ4v) is 1.31. The summed E-state index contributed by atoms with van der Waals surface area (Å²) >= 11 is 0. The molecular weight excluding hydrogens is 178 g/mol. The summed E-state index contributed by atoms with van der Waals surface area (Å²) < 4.78 is 0. The molecule has 80 valence electrons. The van der Waals surface area contributed by atoms with E-state index in [1.165, 1.54) is 0 Å². The SMILES string of the molecule is CC(C)C(CCC(C)(C)C#N)C(=O)O. The molecule has 0 aliphatic carbocycles. The third-order valence-corrected chi connectivity index (χ3v) is 2.50. The van der Waals surface area contributed by atoms with Crippen LogP contribution in [0.1, 0.15) is 40.5 Å². The zero-order valence-electron chi connectivity index (χ0n) is 9.37. The lowest BCUT2D eigenvalue weighted by Gasteiger charge is -2.20. The normalized spacial score (nSPS) is 13.7. The lowest BCUT2D eigenvalue weighted by Crippen LogP contribution is -2.22. The molecule has 0 bridgehead atoms. The number of hydrogen-bond donors (Lipinski definition) is 1. The molecule has 0 aliphatic heterocycles. The van der Waals surface area contributed by atoms with Gasteiger partial charge in [-0.25, -0.2) is 0 Å². The number of carboxylic acids is 1. The van der Waals surface area contributed by atoms with Crippen LogP contribution in [0.25, 0.3) is 0 Å². The molecule has 1 unspecified atom stereocenters. The maximum absolute atomic E-state index is 10.9. The molecule has 0 aromatic heterocycles. The van der Waals surface area contributed by atoms with E-state index in [4.69, 9.17) is 10.4 Å². The molecule has 0 amide bonds. The second-order valence-corrected chi connectivity index (χ2v) is 4.72. The zero-order chi connectivity index (χ0) is 11.4. The standard InChI is InChI=1S/C11H19NO2/c1-8(2)9(10(13)14)5-6-11(3,4)7-12/h8-9H,5-6H2,1-4H3,(H,13,14). The van der Waals surface area contributed by atoms with E-state index in [0.717, 1.165) is 0 Å². The largest absolute Gasteiger partial charge is 0.481 e. The van der Waals surface area contributed by atoms with Crippen molar-refractivity contribution in [2.75, 3.05) is 0 Å². The van der Waals surface area contributed by atoms with Gasteiger partial charge in [0.15, 0.2) is 0 Å². The summed E-state index contributed by atoms with van der Waals surface area (Å²) in [7, 11) is 0. The molecule has 0 aromatic rings. The van der Waals surface area contributed by atoms with Crippen molar-refractivity contribution < 1.29 is 9.90 Å². The van der Waals surface area contributed by atoms with Gasteiger partial charge in [-0.3, -0.25) is 4.79 Å². The van der Waals surface area contributed by atoms with Gasteiger partial charge in [-0.2, -0.15) is 5.26 Å². The van der Waals surface area contributed by atoms with Gasteiger partial charge in [-0.05, 0) is 32.6 Å². The Morgan fingerprint density at radius 3 is 2.29 bits per heavy atom. The minimum Gasteiger partial charge on any atom is -0.481 e. The summed E-state index contributed by atoms with van der Waals surface area (Å²) in [5.74, 6) is -0.960. The Labute approximate surface area is 85.7 Å². The Bertz CT molecular complexity index is 238. The van der Waals surface area contributed by atoms with Crippen LogP contribution in [0.2, 0.25) is 0 Å². The van der Waals surface area contributed by atoms with Gasteiger partial charge < -0.3 is 5.11 Å². The number of rotatable bonds is 5. The second-order valence-electron chi connectivity index (χ2n) is 4.72. The van der Waals surface area contributed by atoms with Gasteiger partial charge >= 0.3 is 5.97 Å². The van der Waals surface area contributed by atoms with Crippen LogP contribution in [0.3, 0.4) is 0 Å². The predicted molar refractivity (Wildman–Crippen MR) is 54.6 cm³/mol. The van der Waals surface area contributed by atoms with Crippen molar-refractivity contribution >= 4 is 5.97 Å². The van der Waals surface area contributed by atoms with Crippen LogP contribution in [0.4, 0.5) is 0 Å². The first-order valence-corrected chi connectivity index (χ1v) is 4.94. The quantitative estimate of drug-likeness (QED) is 0.737. The highest BCUT2D eigenvalue weighted by atomic mass is 16.4. The lowest BCUT2D eigenvalue weighted by molar-refractivity contribution is -0.143. The van der Waals surface area contributed by atoms with Crippen molar-refractivity contribution in [3.63, 3.8) is 0 Å². The molecule has 3 heteroatoms. The third-order valence-electron chi connectivity index (χ3n) is 2.50. The molecule has 1 atom stereocenters. The topological polar surface area (TPSA) is 61.1 Å². The van der Waals surface area contributed by atoms with Crippen LogP contribution >= 0.6 is 0 Å². The molecule has 0 saturated heterocycles. The highest BCUT2D eigenvalue weighted by Gasteiger charge is 2.25. The first-order chi connectivity index (χ1) is 6.30. The monoisotopic (exact) mass is 197 g/mol. The zero-order valence-corrected chi connectivity index (χ0v) is 9.37. The number of carbonyl (C=O) groups is 1. The van der Waals surface area contributed by atoms with Gasteiger partial charge in [0.25, 0.3) is 0 Å². The Kier molecular flexibility index (Phi) is 4.62. The average Bonchev–Trinajstić information content (AvgIpc) is 2.03. The van der Waals surface area contributed by atoms with Crippen LogP contribution in [-0.2, 0) is 4.79 Å².